The summed E-state index contributed by atoms with van der Waals surface area (Å²) in [5, 5.41) is 8.80. The maximum atomic E-state index is 12.6. The summed E-state index contributed by atoms with van der Waals surface area (Å²) in [4.78, 5) is 17.2. The fourth-order valence-corrected chi connectivity index (χ4v) is 4.19. The van der Waals surface area contributed by atoms with Gasteiger partial charge in [-0.3, -0.25) is 4.79 Å². The van der Waals surface area contributed by atoms with Crippen LogP contribution in [-0.4, -0.2) is 45.5 Å². The van der Waals surface area contributed by atoms with Crippen LogP contribution in [0.5, 0.6) is 5.75 Å². The Morgan fingerprint density at radius 3 is 2.97 bits per heavy atom. The van der Waals surface area contributed by atoms with Crippen LogP contribution in [0.25, 0.3) is 11.3 Å². The van der Waals surface area contributed by atoms with Crippen molar-refractivity contribution in [2.45, 2.75) is 30.8 Å². The average Bonchev–Trinajstić information content (AvgIpc) is 3.33. The lowest BCUT2D eigenvalue weighted by atomic mass is 10.1. The normalized spacial score (nSPS) is 21.3. The number of anilines is 1. The van der Waals surface area contributed by atoms with Gasteiger partial charge < -0.3 is 14.8 Å². The largest absolute Gasteiger partial charge is 0.497 e. The van der Waals surface area contributed by atoms with Crippen molar-refractivity contribution in [2.24, 2.45) is 0 Å². The molecule has 1 N–H and O–H groups in total. The monoisotopic (exact) mass is 411 g/mol. The summed E-state index contributed by atoms with van der Waals surface area (Å²) < 4.78 is 16.9. The molecule has 2 aliphatic rings. The zero-order valence-electron chi connectivity index (χ0n) is 15.9. The van der Waals surface area contributed by atoms with Gasteiger partial charge in [0.05, 0.1) is 32.1 Å². The molecule has 1 aliphatic carbocycles. The van der Waals surface area contributed by atoms with Crippen molar-refractivity contribution in [2.75, 3.05) is 25.6 Å². The standard InChI is InChI=1S/C20H21N5O3S/c1-27-14-4-2-3-13(9-14)15-7-8-18(26)25(23-15)17-11-28-10-16(17)21-20-22-19(24-29-20)12-5-6-12/h2-4,7-9,12,16-17H,5-6,10-11H2,1H3,(H,21,22,24). The molecule has 1 aromatic carbocycles. The predicted octanol–water partition coefficient (Wildman–Crippen LogP) is 2.70. The SMILES string of the molecule is COc1cccc(-c2ccc(=O)n(C3COCC3Nc3nc(C4CC4)ns3)n2)c1. The number of ether oxygens (including phenoxy) is 2. The Morgan fingerprint density at radius 2 is 2.14 bits per heavy atom. The number of hydrogen-bond acceptors (Lipinski definition) is 8. The molecule has 8 nitrogen and oxygen atoms in total. The molecule has 0 radical (unpaired) electrons. The molecule has 3 heterocycles. The molecule has 9 heteroatoms. The van der Waals surface area contributed by atoms with E-state index in [1.165, 1.54) is 29.1 Å². The second-order valence-electron chi connectivity index (χ2n) is 7.32. The van der Waals surface area contributed by atoms with E-state index in [-0.39, 0.29) is 17.6 Å². The molecule has 29 heavy (non-hydrogen) atoms. The van der Waals surface area contributed by atoms with Crippen LogP contribution in [0, 0.1) is 0 Å². The maximum Gasteiger partial charge on any atom is 0.267 e. The molecular weight excluding hydrogens is 390 g/mol. The minimum absolute atomic E-state index is 0.0965. The van der Waals surface area contributed by atoms with E-state index >= 15 is 0 Å². The Balaban J connectivity index is 1.41. The van der Waals surface area contributed by atoms with E-state index in [2.05, 4.69) is 19.8 Å². The van der Waals surface area contributed by atoms with Crippen LogP contribution in [0.1, 0.15) is 30.6 Å². The molecule has 2 fully saturated rings. The van der Waals surface area contributed by atoms with Crippen molar-refractivity contribution >= 4 is 16.7 Å². The summed E-state index contributed by atoms with van der Waals surface area (Å²) in [6.45, 7) is 0.904. The molecule has 2 unspecified atom stereocenters. The molecule has 1 saturated heterocycles. The number of nitrogens with one attached hydrogen (secondary N) is 1. The van der Waals surface area contributed by atoms with Gasteiger partial charge in [-0.2, -0.15) is 9.47 Å². The first-order valence-corrected chi connectivity index (χ1v) is 10.4. The van der Waals surface area contributed by atoms with Gasteiger partial charge in [0.2, 0.25) is 5.13 Å². The van der Waals surface area contributed by atoms with Gasteiger partial charge in [-0.05, 0) is 31.0 Å². The van der Waals surface area contributed by atoms with E-state index in [1.807, 2.05) is 24.3 Å². The zero-order chi connectivity index (χ0) is 19.8. The van der Waals surface area contributed by atoms with E-state index in [1.54, 1.807) is 19.2 Å². The summed E-state index contributed by atoms with van der Waals surface area (Å²) >= 11 is 1.36. The molecular formula is C20H21N5O3S. The first-order valence-electron chi connectivity index (χ1n) is 9.63. The molecule has 3 aromatic rings. The average molecular weight is 411 g/mol. The van der Waals surface area contributed by atoms with Gasteiger partial charge in [-0.25, -0.2) is 9.67 Å². The number of rotatable bonds is 6. The molecule has 1 aliphatic heterocycles. The first-order chi connectivity index (χ1) is 14.2. The predicted molar refractivity (Wildman–Crippen MR) is 110 cm³/mol. The van der Waals surface area contributed by atoms with Crippen LogP contribution in [0.15, 0.2) is 41.2 Å². The number of aromatic nitrogens is 4. The quantitative estimate of drug-likeness (QED) is 0.667. The lowest BCUT2D eigenvalue weighted by Gasteiger charge is -2.20. The van der Waals surface area contributed by atoms with E-state index in [0.29, 0.717) is 24.8 Å². The lowest BCUT2D eigenvalue weighted by molar-refractivity contribution is 0.183. The summed E-state index contributed by atoms with van der Waals surface area (Å²) in [7, 11) is 1.63. The summed E-state index contributed by atoms with van der Waals surface area (Å²) in [6, 6.07) is 10.6. The highest BCUT2D eigenvalue weighted by atomic mass is 32.1. The van der Waals surface area contributed by atoms with Crippen LogP contribution >= 0.6 is 11.5 Å². The van der Waals surface area contributed by atoms with E-state index in [4.69, 9.17) is 9.47 Å². The number of hydrogen-bond donors (Lipinski definition) is 1. The van der Waals surface area contributed by atoms with E-state index < -0.39 is 0 Å². The minimum Gasteiger partial charge on any atom is -0.497 e. The van der Waals surface area contributed by atoms with Gasteiger partial charge in [0.1, 0.15) is 17.6 Å². The van der Waals surface area contributed by atoms with Crippen molar-refractivity contribution in [1.82, 2.24) is 19.1 Å². The molecule has 150 valence electrons. The second kappa shape index (κ2) is 7.57. The molecule has 0 bridgehead atoms. The molecule has 2 aromatic heterocycles. The molecule has 2 atom stereocenters. The highest BCUT2D eigenvalue weighted by Gasteiger charge is 2.33. The molecule has 5 rings (SSSR count). The van der Waals surface area contributed by atoms with Gasteiger partial charge in [-0.1, -0.05) is 12.1 Å². The zero-order valence-corrected chi connectivity index (χ0v) is 16.8. The number of nitrogens with zero attached hydrogens (tertiary/aromatic N) is 4. The van der Waals surface area contributed by atoms with E-state index in [0.717, 1.165) is 22.3 Å². The van der Waals surface area contributed by atoms with Crippen molar-refractivity contribution in [1.29, 1.82) is 0 Å². The Hall–Kier alpha value is -2.78. The Kier molecular flexibility index (Phi) is 4.76. The van der Waals surface area contributed by atoms with Gasteiger partial charge >= 0.3 is 0 Å². The Bertz CT molecular complexity index is 1080. The minimum atomic E-state index is -0.221. The number of methoxy groups -OCH3 is 1. The van der Waals surface area contributed by atoms with Gasteiger partial charge in [0.15, 0.2) is 0 Å². The smallest absolute Gasteiger partial charge is 0.267 e. The van der Waals surface area contributed by atoms with Crippen LogP contribution in [0.2, 0.25) is 0 Å². The third-order valence-corrected chi connectivity index (χ3v) is 5.91. The third-order valence-electron chi connectivity index (χ3n) is 5.25. The second-order valence-corrected chi connectivity index (χ2v) is 8.07. The summed E-state index contributed by atoms with van der Waals surface area (Å²) in [6.07, 6.45) is 2.34. The molecule has 0 amide bonds. The highest BCUT2D eigenvalue weighted by Crippen LogP contribution is 2.39. The highest BCUT2D eigenvalue weighted by molar-refractivity contribution is 7.09. The van der Waals surface area contributed by atoms with Crippen LogP contribution < -0.4 is 15.6 Å². The fraction of sp³-hybridized carbons (Fsp3) is 0.400. The van der Waals surface area contributed by atoms with Gasteiger partial charge in [0, 0.05) is 29.1 Å². The van der Waals surface area contributed by atoms with Crippen molar-refractivity contribution in [3.8, 4) is 17.0 Å². The third kappa shape index (κ3) is 3.75. The van der Waals surface area contributed by atoms with Crippen molar-refractivity contribution in [3.63, 3.8) is 0 Å². The number of benzene rings is 1. The Labute approximate surface area is 171 Å². The Morgan fingerprint density at radius 1 is 1.24 bits per heavy atom. The van der Waals surface area contributed by atoms with Crippen molar-refractivity contribution < 1.29 is 9.47 Å². The van der Waals surface area contributed by atoms with Gasteiger partial charge in [-0.15, -0.1) is 0 Å². The van der Waals surface area contributed by atoms with E-state index in [9.17, 15) is 4.79 Å². The molecule has 0 spiro atoms. The van der Waals surface area contributed by atoms with Gasteiger partial charge in [0.25, 0.3) is 5.56 Å². The maximum absolute atomic E-state index is 12.6. The van der Waals surface area contributed by atoms with Crippen LogP contribution in [0.3, 0.4) is 0 Å². The topological polar surface area (TPSA) is 91.2 Å². The summed E-state index contributed by atoms with van der Waals surface area (Å²) in [5.74, 6) is 2.18. The van der Waals surface area contributed by atoms with Crippen molar-refractivity contribution in [3.05, 3.63) is 52.6 Å². The van der Waals surface area contributed by atoms with Crippen LogP contribution in [0.4, 0.5) is 5.13 Å². The summed E-state index contributed by atoms with van der Waals surface area (Å²) in [5.41, 5.74) is 1.44. The first kappa shape index (κ1) is 18.3. The lowest BCUT2D eigenvalue weighted by Crippen LogP contribution is -2.37. The fourth-order valence-electron chi connectivity index (χ4n) is 3.48. The van der Waals surface area contributed by atoms with Crippen LogP contribution in [-0.2, 0) is 4.74 Å². The molecule has 1 saturated carbocycles.